The number of hydrogen-bond donors (Lipinski definition) is 0. The highest BCUT2D eigenvalue weighted by Crippen LogP contribution is 2.29. The van der Waals surface area contributed by atoms with E-state index in [1.54, 1.807) is 7.11 Å². The highest BCUT2D eigenvalue weighted by atomic mass is 16.5. The van der Waals surface area contributed by atoms with Crippen LogP contribution in [0, 0.1) is 6.92 Å². The molecule has 0 spiro atoms. The van der Waals surface area contributed by atoms with Crippen LogP contribution >= 0.6 is 0 Å². The average Bonchev–Trinajstić information content (AvgIpc) is 3.32. The Balaban J connectivity index is 1.45. The van der Waals surface area contributed by atoms with Gasteiger partial charge in [-0.15, -0.1) is 0 Å². The Bertz CT molecular complexity index is 938. The minimum absolute atomic E-state index is 0.304. The van der Waals surface area contributed by atoms with Crippen molar-refractivity contribution < 1.29 is 9.47 Å². The van der Waals surface area contributed by atoms with Gasteiger partial charge in [0.2, 0.25) is 5.88 Å². The van der Waals surface area contributed by atoms with Crippen molar-refractivity contribution in [1.29, 1.82) is 0 Å². The van der Waals surface area contributed by atoms with Crippen molar-refractivity contribution in [2.24, 2.45) is 7.05 Å². The second-order valence-electron chi connectivity index (χ2n) is 7.16. The van der Waals surface area contributed by atoms with Crippen LogP contribution in [0.5, 0.6) is 17.4 Å². The van der Waals surface area contributed by atoms with E-state index in [1.807, 2.05) is 56.7 Å². The molecule has 2 aromatic heterocycles. The maximum atomic E-state index is 5.95. The molecule has 0 saturated carbocycles. The zero-order valence-electron chi connectivity index (χ0n) is 16.5. The molecule has 1 aliphatic heterocycles. The first-order chi connectivity index (χ1) is 13.6. The highest BCUT2D eigenvalue weighted by Gasteiger charge is 2.27. The van der Waals surface area contributed by atoms with E-state index in [0.717, 1.165) is 54.9 Å². The molecule has 28 heavy (non-hydrogen) atoms. The van der Waals surface area contributed by atoms with Gasteiger partial charge in [0.15, 0.2) is 0 Å². The fourth-order valence-electron chi connectivity index (χ4n) is 3.50. The van der Waals surface area contributed by atoms with Crippen LogP contribution in [0.15, 0.2) is 42.7 Å². The van der Waals surface area contributed by atoms with Gasteiger partial charge in [-0.25, -0.2) is 9.97 Å². The van der Waals surface area contributed by atoms with Crippen molar-refractivity contribution in [3.8, 4) is 17.4 Å². The molecule has 3 heterocycles. The molecular formula is C21H25N5O2. The molecule has 1 aromatic carbocycles. The topological polar surface area (TPSA) is 65.3 Å². The SMILES string of the molecule is COc1ccc(Oc2cc(C)nc(C3CCN(Cc4nccn4C)C3)n2)cc1. The Morgan fingerprint density at radius 2 is 1.93 bits per heavy atom. The minimum atomic E-state index is 0.304. The number of aromatic nitrogens is 4. The molecule has 0 bridgehead atoms. The van der Waals surface area contributed by atoms with Gasteiger partial charge in [0.05, 0.1) is 13.7 Å². The number of likely N-dealkylation sites (tertiary alicyclic amines) is 1. The van der Waals surface area contributed by atoms with Crippen LogP contribution in [0.2, 0.25) is 0 Å². The fourth-order valence-corrected chi connectivity index (χ4v) is 3.50. The Hall–Kier alpha value is -2.93. The van der Waals surface area contributed by atoms with E-state index in [2.05, 4.69) is 19.4 Å². The molecule has 3 aromatic rings. The zero-order chi connectivity index (χ0) is 19.5. The van der Waals surface area contributed by atoms with Gasteiger partial charge in [-0.2, -0.15) is 4.98 Å². The van der Waals surface area contributed by atoms with Crippen molar-refractivity contribution in [1.82, 2.24) is 24.4 Å². The van der Waals surface area contributed by atoms with Gasteiger partial charge in [0, 0.05) is 43.7 Å². The number of benzene rings is 1. The van der Waals surface area contributed by atoms with Gasteiger partial charge in [0.25, 0.3) is 0 Å². The fraction of sp³-hybridized carbons (Fsp3) is 0.381. The van der Waals surface area contributed by atoms with Crippen LogP contribution in [0.3, 0.4) is 0 Å². The third-order valence-corrected chi connectivity index (χ3v) is 5.05. The number of methoxy groups -OCH3 is 1. The Labute approximate surface area is 165 Å². The summed E-state index contributed by atoms with van der Waals surface area (Å²) in [5, 5.41) is 0. The molecule has 0 amide bonds. The highest BCUT2D eigenvalue weighted by molar-refractivity contribution is 5.34. The van der Waals surface area contributed by atoms with Crippen LogP contribution in [-0.4, -0.2) is 44.6 Å². The van der Waals surface area contributed by atoms with Crippen LogP contribution in [0.4, 0.5) is 0 Å². The van der Waals surface area contributed by atoms with Crippen molar-refractivity contribution in [2.45, 2.75) is 25.8 Å². The van der Waals surface area contributed by atoms with Crippen molar-refractivity contribution in [3.05, 3.63) is 60.1 Å². The monoisotopic (exact) mass is 379 g/mol. The maximum absolute atomic E-state index is 5.95. The third-order valence-electron chi connectivity index (χ3n) is 5.05. The van der Waals surface area contributed by atoms with Gasteiger partial charge in [-0.05, 0) is 44.2 Å². The summed E-state index contributed by atoms with van der Waals surface area (Å²) < 4.78 is 13.2. The quantitative estimate of drug-likeness (QED) is 0.655. The largest absolute Gasteiger partial charge is 0.497 e. The maximum Gasteiger partial charge on any atom is 0.222 e. The Morgan fingerprint density at radius 1 is 1.14 bits per heavy atom. The van der Waals surface area contributed by atoms with E-state index in [-0.39, 0.29) is 0 Å². The summed E-state index contributed by atoms with van der Waals surface area (Å²) in [6.45, 7) is 4.77. The average molecular weight is 379 g/mol. The molecule has 7 nitrogen and oxygen atoms in total. The molecule has 1 unspecified atom stereocenters. The molecule has 0 N–H and O–H groups in total. The summed E-state index contributed by atoms with van der Waals surface area (Å²) in [6, 6.07) is 9.36. The van der Waals surface area contributed by atoms with E-state index in [0.29, 0.717) is 11.8 Å². The standard InChI is InChI=1S/C21H25N5O2/c1-15-12-20(28-18-6-4-17(27-3)5-7-18)24-21(23-15)16-8-10-26(13-16)14-19-22-9-11-25(19)2/h4-7,9,11-12,16H,8,10,13-14H2,1-3H3. The van der Waals surface area contributed by atoms with Crippen molar-refractivity contribution in [2.75, 3.05) is 20.2 Å². The lowest BCUT2D eigenvalue weighted by Gasteiger charge is -2.16. The Kier molecular flexibility index (Phi) is 5.25. The number of ether oxygens (including phenoxy) is 2. The predicted octanol–water partition coefficient (Wildman–Crippen LogP) is 3.31. The predicted molar refractivity (Wildman–Crippen MR) is 106 cm³/mol. The molecule has 7 heteroatoms. The first-order valence-electron chi connectivity index (χ1n) is 9.47. The van der Waals surface area contributed by atoms with Gasteiger partial charge in [-0.3, -0.25) is 4.90 Å². The van der Waals surface area contributed by atoms with Gasteiger partial charge >= 0.3 is 0 Å². The third kappa shape index (κ3) is 4.14. The van der Waals surface area contributed by atoms with Gasteiger partial charge < -0.3 is 14.0 Å². The molecule has 1 atom stereocenters. The van der Waals surface area contributed by atoms with E-state index < -0.39 is 0 Å². The normalized spacial score (nSPS) is 17.0. The summed E-state index contributed by atoms with van der Waals surface area (Å²) in [6.07, 6.45) is 4.86. The molecule has 0 aliphatic carbocycles. The van der Waals surface area contributed by atoms with Crippen LogP contribution < -0.4 is 9.47 Å². The zero-order valence-corrected chi connectivity index (χ0v) is 16.5. The molecular weight excluding hydrogens is 354 g/mol. The Morgan fingerprint density at radius 3 is 2.64 bits per heavy atom. The second-order valence-corrected chi connectivity index (χ2v) is 7.16. The first-order valence-corrected chi connectivity index (χ1v) is 9.47. The van der Waals surface area contributed by atoms with E-state index in [9.17, 15) is 0 Å². The summed E-state index contributed by atoms with van der Waals surface area (Å²) in [5.74, 6) is 4.34. The summed E-state index contributed by atoms with van der Waals surface area (Å²) >= 11 is 0. The molecule has 146 valence electrons. The van der Waals surface area contributed by atoms with Crippen LogP contribution in [0.1, 0.15) is 29.7 Å². The second kappa shape index (κ2) is 7.98. The summed E-state index contributed by atoms with van der Waals surface area (Å²) in [7, 11) is 3.68. The number of imidazole rings is 1. The smallest absolute Gasteiger partial charge is 0.222 e. The van der Waals surface area contributed by atoms with Crippen LogP contribution in [-0.2, 0) is 13.6 Å². The van der Waals surface area contributed by atoms with E-state index >= 15 is 0 Å². The summed E-state index contributed by atoms with van der Waals surface area (Å²) in [5.41, 5.74) is 0.913. The van der Waals surface area contributed by atoms with Crippen LogP contribution in [0.25, 0.3) is 0 Å². The lowest BCUT2D eigenvalue weighted by atomic mass is 10.1. The molecule has 0 radical (unpaired) electrons. The lowest BCUT2D eigenvalue weighted by Crippen LogP contribution is -2.22. The number of rotatable bonds is 6. The van der Waals surface area contributed by atoms with E-state index in [1.165, 1.54) is 0 Å². The molecule has 1 saturated heterocycles. The molecule has 4 rings (SSSR count). The molecule has 1 fully saturated rings. The number of aryl methyl sites for hydroxylation is 2. The summed E-state index contributed by atoms with van der Waals surface area (Å²) in [4.78, 5) is 16.2. The lowest BCUT2D eigenvalue weighted by molar-refractivity contribution is 0.313. The van der Waals surface area contributed by atoms with Gasteiger partial charge in [-0.1, -0.05) is 0 Å². The number of nitrogens with zero attached hydrogens (tertiary/aromatic N) is 5. The molecule has 1 aliphatic rings. The number of hydrogen-bond acceptors (Lipinski definition) is 6. The van der Waals surface area contributed by atoms with Gasteiger partial charge in [0.1, 0.15) is 23.1 Å². The van der Waals surface area contributed by atoms with Crippen molar-refractivity contribution >= 4 is 0 Å². The minimum Gasteiger partial charge on any atom is -0.497 e. The first kappa shape index (κ1) is 18.4. The van der Waals surface area contributed by atoms with E-state index in [4.69, 9.17) is 14.5 Å². The van der Waals surface area contributed by atoms with Crippen molar-refractivity contribution in [3.63, 3.8) is 0 Å².